The topological polar surface area (TPSA) is 90.5 Å². The minimum absolute atomic E-state index is 0.0864. The van der Waals surface area contributed by atoms with Gasteiger partial charge in [-0.2, -0.15) is 0 Å². The van der Waals surface area contributed by atoms with Crippen molar-refractivity contribution in [1.82, 2.24) is 9.97 Å². The summed E-state index contributed by atoms with van der Waals surface area (Å²) in [5.74, 6) is -3.84. The predicted octanol–water partition coefficient (Wildman–Crippen LogP) is 4.96. The van der Waals surface area contributed by atoms with Crippen LogP contribution in [0.5, 0.6) is 0 Å². The van der Waals surface area contributed by atoms with Gasteiger partial charge in [-0.1, -0.05) is 42.5 Å². The normalized spacial score (nSPS) is 20.7. The number of para-hydroxylation sites is 2. The molecule has 0 saturated carbocycles. The highest BCUT2D eigenvalue weighted by Gasteiger charge is 2.39. The van der Waals surface area contributed by atoms with E-state index in [9.17, 15) is 14.0 Å². The van der Waals surface area contributed by atoms with Crippen LogP contribution in [-0.4, -0.2) is 41.2 Å². The minimum Gasteiger partial charge on any atom is -0.341 e. The number of ether oxygens (including phenoxy) is 3. The number of aromatic nitrogens is 2. The molecule has 0 spiro atoms. The van der Waals surface area contributed by atoms with E-state index in [1.165, 1.54) is 25.3 Å². The zero-order chi connectivity index (χ0) is 24.6. The van der Waals surface area contributed by atoms with E-state index in [1.54, 1.807) is 31.2 Å². The Hall–Kier alpha value is -3.72. The monoisotopic (exact) mass is 474 g/mol. The second-order valence-corrected chi connectivity index (χ2v) is 8.42. The highest BCUT2D eigenvalue weighted by molar-refractivity contribution is 6.19. The molecule has 0 bridgehead atoms. The van der Waals surface area contributed by atoms with Crippen molar-refractivity contribution in [3.05, 3.63) is 101 Å². The number of ketones is 2. The number of nitrogens with one attached hydrogen (secondary N) is 1. The third kappa shape index (κ3) is 4.51. The maximum Gasteiger partial charge on any atom is 0.280 e. The lowest BCUT2D eigenvalue weighted by Gasteiger charge is -2.20. The van der Waals surface area contributed by atoms with Gasteiger partial charge in [0.1, 0.15) is 23.7 Å². The van der Waals surface area contributed by atoms with Crippen LogP contribution < -0.4 is 0 Å². The summed E-state index contributed by atoms with van der Waals surface area (Å²) in [6.07, 6.45) is -0.448. The highest BCUT2D eigenvalue weighted by Crippen LogP contribution is 2.34. The summed E-state index contributed by atoms with van der Waals surface area (Å²) in [4.78, 5) is 34.9. The molecule has 7 nitrogen and oxygen atoms in total. The molecule has 1 aliphatic heterocycles. The summed E-state index contributed by atoms with van der Waals surface area (Å²) in [6, 6.07) is 19.4. The van der Waals surface area contributed by atoms with E-state index in [0.29, 0.717) is 22.2 Å². The van der Waals surface area contributed by atoms with Gasteiger partial charge in [-0.15, -0.1) is 0 Å². The molecule has 1 aromatic heterocycles. The molecule has 4 aromatic rings. The van der Waals surface area contributed by atoms with E-state index >= 15 is 0 Å². The molecule has 5 rings (SSSR count). The van der Waals surface area contributed by atoms with Crippen molar-refractivity contribution >= 4 is 22.6 Å². The smallest absolute Gasteiger partial charge is 0.280 e. The molecular formula is C27H23FN2O5. The summed E-state index contributed by atoms with van der Waals surface area (Å²) >= 11 is 0. The Morgan fingerprint density at radius 3 is 2.46 bits per heavy atom. The molecule has 0 aliphatic carbocycles. The van der Waals surface area contributed by atoms with Crippen molar-refractivity contribution in [2.75, 3.05) is 13.7 Å². The Morgan fingerprint density at radius 2 is 1.77 bits per heavy atom. The number of H-pyrrole nitrogens is 1. The average molecular weight is 474 g/mol. The van der Waals surface area contributed by atoms with E-state index in [0.717, 1.165) is 6.07 Å². The van der Waals surface area contributed by atoms with Crippen LogP contribution in [0.2, 0.25) is 0 Å². The number of Topliss-reactive ketones (excluding diaryl/α,β-unsaturated/α-hetero) is 2. The number of nitrogens with zero attached hydrogens (tertiary/aromatic N) is 1. The first-order valence-corrected chi connectivity index (χ1v) is 11.1. The molecule has 0 amide bonds. The van der Waals surface area contributed by atoms with E-state index in [1.807, 2.05) is 24.3 Å². The molecule has 35 heavy (non-hydrogen) atoms. The van der Waals surface area contributed by atoms with Gasteiger partial charge in [-0.25, -0.2) is 9.37 Å². The lowest BCUT2D eigenvalue weighted by Crippen LogP contribution is -2.27. The van der Waals surface area contributed by atoms with Crippen molar-refractivity contribution in [3.8, 4) is 0 Å². The second-order valence-electron chi connectivity index (χ2n) is 8.42. The van der Waals surface area contributed by atoms with Gasteiger partial charge < -0.3 is 19.2 Å². The van der Waals surface area contributed by atoms with Gasteiger partial charge in [0.2, 0.25) is 0 Å². The Bertz CT molecular complexity index is 1380. The first kappa shape index (κ1) is 23.0. The predicted molar refractivity (Wildman–Crippen MR) is 126 cm³/mol. The molecule has 1 aliphatic rings. The van der Waals surface area contributed by atoms with Gasteiger partial charge >= 0.3 is 0 Å². The number of hydrogen-bond acceptors (Lipinski definition) is 6. The number of halogens is 1. The zero-order valence-electron chi connectivity index (χ0n) is 19.2. The number of fused-ring (bicyclic) bond motifs is 1. The number of hydrogen-bond donors (Lipinski definition) is 1. The summed E-state index contributed by atoms with van der Waals surface area (Å²) in [5.41, 5.74) is 2.40. The van der Waals surface area contributed by atoms with Crippen LogP contribution >= 0.6 is 0 Å². The third-order valence-corrected chi connectivity index (χ3v) is 6.08. The number of rotatable bonds is 7. The molecule has 1 N–H and O–H groups in total. The molecule has 1 fully saturated rings. The van der Waals surface area contributed by atoms with Gasteiger partial charge in [0.25, 0.3) is 5.97 Å². The number of carbonyl (C=O) groups excluding carboxylic acids is 2. The Morgan fingerprint density at radius 1 is 1.06 bits per heavy atom. The number of carbonyl (C=O) groups is 2. The van der Waals surface area contributed by atoms with Crippen LogP contribution in [-0.2, 0) is 14.2 Å². The fraction of sp³-hybridized carbons (Fsp3) is 0.222. The zero-order valence-corrected chi connectivity index (χ0v) is 19.2. The van der Waals surface area contributed by atoms with Crippen molar-refractivity contribution < 1.29 is 28.2 Å². The van der Waals surface area contributed by atoms with E-state index in [-0.39, 0.29) is 18.0 Å². The molecule has 2 heterocycles. The number of aromatic amines is 1. The van der Waals surface area contributed by atoms with E-state index in [4.69, 9.17) is 14.2 Å². The maximum absolute atomic E-state index is 13.9. The van der Waals surface area contributed by atoms with Crippen LogP contribution in [0.15, 0.2) is 72.8 Å². The quantitative estimate of drug-likeness (QED) is 0.301. The van der Waals surface area contributed by atoms with Crippen LogP contribution in [0.1, 0.15) is 51.0 Å². The molecular weight excluding hydrogens is 451 g/mol. The molecule has 1 saturated heterocycles. The number of benzene rings is 3. The first-order valence-electron chi connectivity index (χ1n) is 11.1. The van der Waals surface area contributed by atoms with Crippen molar-refractivity contribution in [3.63, 3.8) is 0 Å². The first-order chi connectivity index (χ1) is 16.9. The Balaban J connectivity index is 1.54. The van der Waals surface area contributed by atoms with Crippen molar-refractivity contribution in [1.29, 1.82) is 0 Å². The maximum atomic E-state index is 13.9. The second kappa shape index (κ2) is 9.14. The van der Waals surface area contributed by atoms with Crippen LogP contribution in [0.4, 0.5) is 4.39 Å². The molecule has 3 atom stereocenters. The lowest BCUT2D eigenvalue weighted by atomic mass is 9.88. The van der Waals surface area contributed by atoms with Gasteiger partial charge in [0, 0.05) is 25.2 Å². The molecule has 178 valence electrons. The Kier molecular flexibility index (Phi) is 6.02. The summed E-state index contributed by atoms with van der Waals surface area (Å²) in [7, 11) is 1.48. The van der Waals surface area contributed by atoms with Crippen LogP contribution in [0.3, 0.4) is 0 Å². The number of methoxy groups -OCH3 is 1. The average Bonchev–Trinajstić information content (AvgIpc) is 3.48. The highest BCUT2D eigenvalue weighted by atomic mass is 19.1. The molecule has 0 radical (unpaired) electrons. The van der Waals surface area contributed by atoms with Crippen LogP contribution in [0.25, 0.3) is 11.0 Å². The van der Waals surface area contributed by atoms with E-state index in [2.05, 4.69) is 9.97 Å². The summed E-state index contributed by atoms with van der Waals surface area (Å²) in [6.45, 7) is 1.91. The Labute approximate surface area is 200 Å². The molecule has 3 unspecified atom stereocenters. The van der Waals surface area contributed by atoms with Gasteiger partial charge in [-0.05, 0) is 35.9 Å². The number of imidazole rings is 1. The van der Waals surface area contributed by atoms with Gasteiger partial charge in [-0.3, -0.25) is 9.59 Å². The molecule has 3 aromatic carbocycles. The third-order valence-electron chi connectivity index (χ3n) is 6.08. The molecule has 8 heteroatoms. The summed E-state index contributed by atoms with van der Waals surface area (Å²) in [5, 5.41) is 0. The standard InChI is InChI=1S/C27H23FN2O5/c1-27(33-2)34-15-22(35-27)16-7-5-8-17(13-16)24(31)23(25(32)18-9-6-10-19(28)14-18)26-29-20-11-3-4-12-21(20)30-26/h3-14,22-23H,15H2,1-2H3,(H,29,30). The van der Waals surface area contributed by atoms with Crippen molar-refractivity contribution in [2.24, 2.45) is 0 Å². The minimum atomic E-state index is -1.29. The largest absolute Gasteiger partial charge is 0.341 e. The van der Waals surface area contributed by atoms with E-state index < -0.39 is 35.4 Å². The fourth-order valence-electron chi connectivity index (χ4n) is 4.17. The van der Waals surface area contributed by atoms with Gasteiger partial charge in [0.15, 0.2) is 11.6 Å². The van der Waals surface area contributed by atoms with Crippen LogP contribution in [0, 0.1) is 5.82 Å². The fourth-order valence-corrected chi connectivity index (χ4v) is 4.17. The van der Waals surface area contributed by atoms with Crippen molar-refractivity contribution in [2.45, 2.75) is 24.9 Å². The van der Waals surface area contributed by atoms with Gasteiger partial charge in [0.05, 0.1) is 17.6 Å². The lowest BCUT2D eigenvalue weighted by molar-refractivity contribution is -0.314. The summed E-state index contributed by atoms with van der Waals surface area (Å²) < 4.78 is 30.6. The SMILES string of the molecule is COC1(C)OCC(c2cccc(C(=O)C(C(=O)c3cccc(F)c3)c3nc4ccccc4[nH]3)c2)O1.